The molecule has 0 saturated heterocycles. The van der Waals surface area contributed by atoms with Gasteiger partial charge in [-0.15, -0.1) is 0 Å². The Morgan fingerprint density at radius 2 is 2.26 bits per heavy atom. The molecule has 2 N–H and O–H groups in total. The van der Waals surface area contributed by atoms with E-state index in [0.29, 0.717) is 23.2 Å². The van der Waals surface area contributed by atoms with Crippen LogP contribution in [0.15, 0.2) is 22.7 Å². The van der Waals surface area contributed by atoms with Crippen LogP contribution in [0.2, 0.25) is 0 Å². The van der Waals surface area contributed by atoms with E-state index in [1.807, 2.05) is 6.92 Å². The number of nitrogens with two attached hydrogens (primary N) is 1. The van der Waals surface area contributed by atoms with Crippen LogP contribution < -0.4 is 10.5 Å². The van der Waals surface area contributed by atoms with Crippen LogP contribution in [0, 0.1) is 10.1 Å². The normalized spacial score (nSPS) is 25.7. The summed E-state index contributed by atoms with van der Waals surface area (Å²) in [6.07, 6.45) is 0.386. The van der Waals surface area contributed by atoms with Crippen molar-refractivity contribution in [2.24, 2.45) is 5.73 Å². The Morgan fingerprint density at radius 1 is 1.53 bits per heavy atom. The summed E-state index contributed by atoms with van der Waals surface area (Å²) >= 11 is 3.23. The number of rotatable bonds is 5. The van der Waals surface area contributed by atoms with Gasteiger partial charge in [0.15, 0.2) is 0 Å². The molecule has 1 aliphatic rings. The molecule has 1 saturated carbocycles. The minimum absolute atomic E-state index is 0.0130. The van der Waals surface area contributed by atoms with Gasteiger partial charge < -0.3 is 15.2 Å². The second-order valence-corrected chi connectivity index (χ2v) is 5.29. The van der Waals surface area contributed by atoms with Gasteiger partial charge in [0, 0.05) is 29.6 Å². The predicted octanol–water partition coefficient (Wildman–Crippen LogP) is 2.24. The van der Waals surface area contributed by atoms with Gasteiger partial charge >= 0.3 is 0 Å². The SMILES string of the molecule is CCOC1C(N)CC1Oc1cc(Br)cc([N+](=O)[O-])c1. The quantitative estimate of drug-likeness (QED) is 0.660. The van der Waals surface area contributed by atoms with E-state index < -0.39 is 4.92 Å². The first kappa shape index (κ1) is 14.2. The molecule has 19 heavy (non-hydrogen) atoms. The molecule has 1 fully saturated rings. The average Bonchev–Trinajstić information content (AvgIpc) is 2.35. The lowest BCUT2D eigenvalue weighted by Gasteiger charge is -2.41. The predicted molar refractivity (Wildman–Crippen MR) is 73.2 cm³/mol. The van der Waals surface area contributed by atoms with E-state index in [-0.39, 0.29) is 23.9 Å². The second kappa shape index (κ2) is 5.85. The summed E-state index contributed by atoms with van der Waals surface area (Å²) in [7, 11) is 0. The fourth-order valence-electron chi connectivity index (χ4n) is 2.05. The first-order chi connectivity index (χ1) is 9.01. The van der Waals surface area contributed by atoms with E-state index in [0.717, 1.165) is 0 Å². The molecule has 104 valence electrons. The van der Waals surface area contributed by atoms with Gasteiger partial charge in [0.1, 0.15) is 18.0 Å². The van der Waals surface area contributed by atoms with Crippen LogP contribution in [-0.4, -0.2) is 29.8 Å². The molecule has 1 aromatic carbocycles. The monoisotopic (exact) mass is 330 g/mol. The molecule has 2 rings (SSSR count). The van der Waals surface area contributed by atoms with E-state index in [1.54, 1.807) is 6.07 Å². The molecule has 1 aliphatic carbocycles. The van der Waals surface area contributed by atoms with Crippen molar-refractivity contribution in [3.8, 4) is 5.75 Å². The van der Waals surface area contributed by atoms with Crippen LogP contribution in [-0.2, 0) is 4.74 Å². The van der Waals surface area contributed by atoms with Gasteiger partial charge in [0.2, 0.25) is 0 Å². The summed E-state index contributed by atoms with van der Waals surface area (Å²) in [5.41, 5.74) is 5.83. The molecule has 0 spiro atoms. The minimum atomic E-state index is -0.454. The van der Waals surface area contributed by atoms with E-state index >= 15 is 0 Å². The number of hydrogen-bond acceptors (Lipinski definition) is 5. The lowest BCUT2D eigenvalue weighted by molar-refractivity contribution is -0.385. The van der Waals surface area contributed by atoms with Gasteiger partial charge in [-0.1, -0.05) is 15.9 Å². The summed E-state index contributed by atoms with van der Waals surface area (Å²) in [5, 5.41) is 10.8. The molecule has 3 unspecified atom stereocenters. The molecule has 0 aromatic heterocycles. The fraction of sp³-hybridized carbons (Fsp3) is 0.500. The fourth-order valence-corrected chi connectivity index (χ4v) is 2.51. The highest BCUT2D eigenvalue weighted by Gasteiger charge is 2.41. The minimum Gasteiger partial charge on any atom is -0.487 e. The summed E-state index contributed by atoms with van der Waals surface area (Å²) in [6.45, 7) is 2.46. The van der Waals surface area contributed by atoms with Crippen molar-refractivity contribution in [3.05, 3.63) is 32.8 Å². The highest BCUT2D eigenvalue weighted by atomic mass is 79.9. The van der Waals surface area contributed by atoms with Gasteiger partial charge in [0.05, 0.1) is 11.0 Å². The third-order valence-corrected chi connectivity index (χ3v) is 3.46. The Hall–Kier alpha value is -1.18. The number of halogens is 1. The molecule has 0 radical (unpaired) electrons. The number of nitrogens with zero attached hydrogens (tertiary/aromatic N) is 1. The van der Waals surface area contributed by atoms with Crippen LogP contribution in [0.5, 0.6) is 5.75 Å². The Balaban J connectivity index is 2.09. The van der Waals surface area contributed by atoms with Crippen LogP contribution >= 0.6 is 15.9 Å². The Kier molecular flexibility index (Phi) is 4.38. The van der Waals surface area contributed by atoms with Crippen molar-refractivity contribution in [2.45, 2.75) is 31.6 Å². The van der Waals surface area contributed by atoms with Gasteiger partial charge in [-0.05, 0) is 13.0 Å². The van der Waals surface area contributed by atoms with Crippen LogP contribution in [0.1, 0.15) is 13.3 Å². The van der Waals surface area contributed by atoms with Crippen LogP contribution in [0.3, 0.4) is 0 Å². The van der Waals surface area contributed by atoms with E-state index in [4.69, 9.17) is 15.2 Å². The van der Waals surface area contributed by atoms with Gasteiger partial charge in [0.25, 0.3) is 5.69 Å². The zero-order valence-corrected chi connectivity index (χ0v) is 12.0. The maximum atomic E-state index is 10.8. The van der Waals surface area contributed by atoms with Gasteiger partial charge in [-0.25, -0.2) is 0 Å². The lowest BCUT2D eigenvalue weighted by Crippen LogP contribution is -2.59. The number of ether oxygens (including phenoxy) is 2. The van der Waals surface area contributed by atoms with Crippen molar-refractivity contribution < 1.29 is 14.4 Å². The topological polar surface area (TPSA) is 87.6 Å². The number of nitro groups is 1. The van der Waals surface area contributed by atoms with Crippen LogP contribution in [0.4, 0.5) is 5.69 Å². The third kappa shape index (κ3) is 3.23. The summed E-state index contributed by atoms with van der Waals surface area (Å²) in [6, 6.07) is 4.49. The van der Waals surface area contributed by atoms with Crippen molar-refractivity contribution in [3.63, 3.8) is 0 Å². The number of nitro benzene ring substituents is 1. The standard InChI is InChI=1S/C12H15BrN2O4/c1-2-18-12-10(14)6-11(12)19-9-4-7(13)3-8(5-9)15(16)17/h3-5,10-12H,2,6,14H2,1H3. The molecule has 0 aliphatic heterocycles. The van der Waals surface area contributed by atoms with Crippen molar-refractivity contribution in [2.75, 3.05) is 6.61 Å². The van der Waals surface area contributed by atoms with Crippen LogP contribution in [0.25, 0.3) is 0 Å². The first-order valence-electron chi connectivity index (χ1n) is 6.00. The Morgan fingerprint density at radius 3 is 2.84 bits per heavy atom. The van der Waals surface area contributed by atoms with E-state index in [2.05, 4.69) is 15.9 Å². The van der Waals surface area contributed by atoms with E-state index in [1.165, 1.54) is 12.1 Å². The first-order valence-corrected chi connectivity index (χ1v) is 6.79. The molecular formula is C12H15BrN2O4. The molecule has 7 heteroatoms. The molecule has 6 nitrogen and oxygen atoms in total. The summed E-state index contributed by atoms with van der Waals surface area (Å²) in [4.78, 5) is 10.3. The van der Waals surface area contributed by atoms with Gasteiger partial charge in [-0.3, -0.25) is 10.1 Å². The maximum absolute atomic E-state index is 10.8. The van der Waals surface area contributed by atoms with Crippen molar-refractivity contribution >= 4 is 21.6 Å². The van der Waals surface area contributed by atoms with Crippen molar-refractivity contribution in [1.82, 2.24) is 0 Å². The molecular weight excluding hydrogens is 316 g/mol. The number of hydrogen-bond donors (Lipinski definition) is 1. The number of benzene rings is 1. The molecule has 3 atom stereocenters. The summed E-state index contributed by atoms with van der Waals surface area (Å²) in [5.74, 6) is 0.447. The summed E-state index contributed by atoms with van der Waals surface area (Å²) < 4.78 is 11.8. The third-order valence-electron chi connectivity index (χ3n) is 3.01. The maximum Gasteiger partial charge on any atom is 0.274 e. The molecule has 0 amide bonds. The highest BCUT2D eigenvalue weighted by Crippen LogP contribution is 2.31. The number of non-ortho nitro benzene ring substituents is 1. The Bertz CT molecular complexity index is 483. The Labute approximate surface area is 119 Å². The zero-order valence-electron chi connectivity index (χ0n) is 10.4. The second-order valence-electron chi connectivity index (χ2n) is 4.38. The van der Waals surface area contributed by atoms with E-state index in [9.17, 15) is 10.1 Å². The molecule has 1 aromatic rings. The highest BCUT2D eigenvalue weighted by molar-refractivity contribution is 9.10. The van der Waals surface area contributed by atoms with Crippen molar-refractivity contribution in [1.29, 1.82) is 0 Å². The molecule has 0 bridgehead atoms. The zero-order chi connectivity index (χ0) is 14.0. The van der Waals surface area contributed by atoms with Gasteiger partial charge in [-0.2, -0.15) is 0 Å². The molecule has 0 heterocycles. The smallest absolute Gasteiger partial charge is 0.274 e. The largest absolute Gasteiger partial charge is 0.487 e. The average molecular weight is 331 g/mol. The lowest BCUT2D eigenvalue weighted by atomic mass is 9.86.